The van der Waals surface area contributed by atoms with Gasteiger partial charge in [-0.3, -0.25) is 9.52 Å². The summed E-state index contributed by atoms with van der Waals surface area (Å²) in [5.74, 6) is -1.41. The highest BCUT2D eigenvalue weighted by molar-refractivity contribution is 7.92. The standard InChI is InChI=1S/C15H14N2O5S/c1-16-14(18)10-2-6-12(7-3-10)17-23(21,22)13-8-4-11(5-9-13)15(19)20/h2-9,17H,1H3,(H,16,18)(H,19,20). The maximum absolute atomic E-state index is 12.2. The van der Waals surface area contributed by atoms with Gasteiger partial charge in [0.2, 0.25) is 0 Å². The number of anilines is 1. The zero-order valence-electron chi connectivity index (χ0n) is 12.1. The zero-order valence-corrected chi connectivity index (χ0v) is 12.9. The van der Waals surface area contributed by atoms with Gasteiger partial charge < -0.3 is 10.4 Å². The van der Waals surface area contributed by atoms with Gasteiger partial charge in [0, 0.05) is 18.3 Å². The van der Waals surface area contributed by atoms with E-state index in [-0.39, 0.29) is 16.4 Å². The third-order valence-corrected chi connectivity index (χ3v) is 4.44. The molecule has 2 aromatic rings. The number of carboxylic acid groups (broad SMARTS) is 1. The summed E-state index contributed by atoms with van der Waals surface area (Å²) in [6.45, 7) is 0. The second-order valence-corrected chi connectivity index (χ2v) is 6.27. The van der Waals surface area contributed by atoms with Gasteiger partial charge in [-0.25, -0.2) is 13.2 Å². The van der Waals surface area contributed by atoms with Crippen LogP contribution in [0.1, 0.15) is 20.7 Å². The van der Waals surface area contributed by atoms with Crippen LogP contribution in [0.3, 0.4) is 0 Å². The Morgan fingerprint density at radius 2 is 1.43 bits per heavy atom. The molecule has 0 fully saturated rings. The number of aromatic carboxylic acids is 1. The lowest BCUT2D eigenvalue weighted by atomic mass is 10.2. The van der Waals surface area contributed by atoms with Crippen LogP contribution in [0.4, 0.5) is 5.69 Å². The molecule has 0 aromatic heterocycles. The van der Waals surface area contributed by atoms with Crippen molar-refractivity contribution < 1.29 is 23.1 Å². The van der Waals surface area contributed by atoms with E-state index in [2.05, 4.69) is 10.0 Å². The molecular formula is C15H14N2O5S. The number of carbonyl (C=O) groups is 2. The van der Waals surface area contributed by atoms with Gasteiger partial charge in [0.05, 0.1) is 10.5 Å². The molecular weight excluding hydrogens is 320 g/mol. The number of carbonyl (C=O) groups excluding carboxylic acids is 1. The lowest BCUT2D eigenvalue weighted by molar-refractivity contribution is 0.0696. The first-order chi connectivity index (χ1) is 10.8. The highest BCUT2D eigenvalue weighted by Crippen LogP contribution is 2.17. The number of hydrogen-bond acceptors (Lipinski definition) is 4. The van der Waals surface area contributed by atoms with Crippen LogP contribution in [0.2, 0.25) is 0 Å². The monoisotopic (exact) mass is 334 g/mol. The first-order valence-electron chi connectivity index (χ1n) is 6.52. The van der Waals surface area contributed by atoms with E-state index in [9.17, 15) is 18.0 Å². The van der Waals surface area contributed by atoms with Crippen LogP contribution in [-0.4, -0.2) is 32.4 Å². The molecule has 2 rings (SSSR count). The first kappa shape index (κ1) is 16.5. The van der Waals surface area contributed by atoms with Crippen molar-refractivity contribution in [1.29, 1.82) is 0 Å². The first-order valence-corrected chi connectivity index (χ1v) is 8.00. The molecule has 120 valence electrons. The molecule has 0 spiro atoms. The fourth-order valence-corrected chi connectivity index (χ4v) is 2.88. The topological polar surface area (TPSA) is 113 Å². The number of nitrogens with one attached hydrogen (secondary N) is 2. The normalized spacial score (nSPS) is 10.8. The van der Waals surface area contributed by atoms with Gasteiger partial charge in [0.1, 0.15) is 0 Å². The summed E-state index contributed by atoms with van der Waals surface area (Å²) in [6.07, 6.45) is 0. The van der Waals surface area contributed by atoms with Crippen LogP contribution in [0.5, 0.6) is 0 Å². The van der Waals surface area contributed by atoms with Crippen molar-refractivity contribution in [3.8, 4) is 0 Å². The average Bonchev–Trinajstić information content (AvgIpc) is 2.54. The van der Waals surface area contributed by atoms with E-state index < -0.39 is 16.0 Å². The van der Waals surface area contributed by atoms with Crippen molar-refractivity contribution in [2.45, 2.75) is 4.90 Å². The van der Waals surface area contributed by atoms with Gasteiger partial charge in [-0.15, -0.1) is 0 Å². The van der Waals surface area contributed by atoms with Crippen LogP contribution in [0.15, 0.2) is 53.4 Å². The van der Waals surface area contributed by atoms with Crippen molar-refractivity contribution in [2.75, 3.05) is 11.8 Å². The fourth-order valence-electron chi connectivity index (χ4n) is 1.82. The predicted octanol–water partition coefficient (Wildman–Crippen LogP) is 1.55. The Morgan fingerprint density at radius 3 is 1.91 bits per heavy atom. The molecule has 0 radical (unpaired) electrons. The molecule has 0 aliphatic heterocycles. The highest BCUT2D eigenvalue weighted by atomic mass is 32.2. The average molecular weight is 334 g/mol. The van der Waals surface area contributed by atoms with E-state index in [4.69, 9.17) is 5.11 Å². The maximum Gasteiger partial charge on any atom is 0.335 e. The van der Waals surface area contributed by atoms with E-state index in [1.165, 1.54) is 55.6 Å². The predicted molar refractivity (Wildman–Crippen MR) is 84.0 cm³/mol. The molecule has 23 heavy (non-hydrogen) atoms. The number of carboxylic acids is 1. The summed E-state index contributed by atoms with van der Waals surface area (Å²) in [7, 11) is -2.34. The molecule has 0 saturated heterocycles. The van der Waals surface area contributed by atoms with Gasteiger partial charge >= 0.3 is 5.97 Å². The largest absolute Gasteiger partial charge is 0.478 e. The Balaban J connectivity index is 2.20. The van der Waals surface area contributed by atoms with Crippen LogP contribution in [0.25, 0.3) is 0 Å². The molecule has 8 heteroatoms. The van der Waals surface area contributed by atoms with Crippen molar-refractivity contribution in [2.24, 2.45) is 0 Å². The minimum Gasteiger partial charge on any atom is -0.478 e. The molecule has 0 heterocycles. The summed E-state index contributed by atoms with van der Waals surface area (Å²) in [6, 6.07) is 10.8. The quantitative estimate of drug-likeness (QED) is 0.768. The van der Waals surface area contributed by atoms with Gasteiger partial charge in [0.25, 0.3) is 15.9 Å². The molecule has 0 unspecified atom stereocenters. The number of hydrogen-bond donors (Lipinski definition) is 3. The highest BCUT2D eigenvalue weighted by Gasteiger charge is 2.15. The second kappa shape index (κ2) is 6.49. The van der Waals surface area contributed by atoms with E-state index in [1.807, 2.05) is 0 Å². The van der Waals surface area contributed by atoms with Gasteiger partial charge in [-0.05, 0) is 48.5 Å². The van der Waals surface area contributed by atoms with Crippen LogP contribution in [-0.2, 0) is 10.0 Å². The summed E-state index contributed by atoms with van der Waals surface area (Å²) >= 11 is 0. The summed E-state index contributed by atoms with van der Waals surface area (Å²) < 4.78 is 26.8. The molecule has 0 bridgehead atoms. The van der Waals surface area contributed by atoms with Gasteiger partial charge in [-0.2, -0.15) is 0 Å². The Labute approximate surface area is 133 Å². The van der Waals surface area contributed by atoms with E-state index in [0.29, 0.717) is 11.3 Å². The summed E-state index contributed by atoms with van der Waals surface area (Å²) in [5, 5.41) is 11.3. The molecule has 1 amide bonds. The van der Waals surface area contributed by atoms with Crippen molar-refractivity contribution in [3.05, 3.63) is 59.7 Å². The Kier molecular flexibility index (Phi) is 4.65. The molecule has 2 aromatic carbocycles. The van der Waals surface area contributed by atoms with Crippen molar-refractivity contribution in [3.63, 3.8) is 0 Å². The fraction of sp³-hybridized carbons (Fsp3) is 0.0667. The minimum atomic E-state index is -3.84. The van der Waals surface area contributed by atoms with Crippen LogP contribution < -0.4 is 10.0 Å². The third-order valence-electron chi connectivity index (χ3n) is 3.04. The summed E-state index contributed by atoms with van der Waals surface area (Å²) in [4.78, 5) is 22.1. The smallest absolute Gasteiger partial charge is 0.335 e. The minimum absolute atomic E-state index is 0.00104. The Morgan fingerprint density at radius 1 is 0.913 bits per heavy atom. The number of sulfonamides is 1. The van der Waals surface area contributed by atoms with Crippen LogP contribution >= 0.6 is 0 Å². The van der Waals surface area contributed by atoms with E-state index in [1.54, 1.807) is 0 Å². The van der Waals surface area contributed by atoms with Gasteiger partial charge in [0.15, 0.2) is 0 Å². The Hall–Kier alpha value is -2.87. The lowest BCUT2D eigenvalue weighted by Crippen LogP contribution is -2.18. The van der Waals surface area contributed by atoms with E-state index >= 15 is 0 Å². The lowest BCUT2D eigenvalue weighted by Gasteiger charge is -2.09. The number of benzene rings is 2. The molecule has 0 aliphatic rings. The molecule has 0 aliphatic carbocycles. The van der Waals surface area contributed by atoms with E-state index in [0.717, 1.165) is 0 Å². The third kappa shape index (κ3) is 3.86. The molecule has 7 nitrogen and oxygen atoms in total. The molecule has 0 saturated carbocycles. The zero-order chi connectivity index (χ0) is 17.0. The van der Waals surface area contributed by atoms with Crippen LogP contribution in [0, 0.1) is 0 Å². The molecule has 3 N–H and O–H groups in total. The summed E-state index contributed by atoms with van der Waals surface area (Å²) in [5.41, 5.74) is 0.695. The SMILES string of the molecule is CNC(=O)c1ccc(NS(=O)(=O)c2ccc(C(=O)O)cc2)cc1. The number of rotatable bonds is 5. The molecule has 0 atom stereocenters. The second-order valence-electron chi connectivity index (χ2n) is 4.59. The Bertz CT molecular complexity index is 827. The van der Waals surface area contributed by atoms with Gasteiger partial charge in [-0.1, -0.05) is 0 Å². The van der Waals surface area contributed by atoms with Crippen molar-refractivity contribution >= 4 is 27.6 Å². The maximum atomic E-state index is 12.2. The van der Waals surface area contributed by atoms with Crippen molar-refractivity contribution in [1.82, 2.24) is 5.32 Å². The number of amides is 1.